The first-order valence-electron chi connectivity index (χ1n) is 9.86. The molecular formula is C24H28N2O4. The fourth-order valence-electron chi connectivity index (χ4n) is 2.85. The Morgan fingerprint density at radius 1 is 0.967 bits per heavy atom. The second-order valence-corrected chi connectivity index (χ2v) is 9.25. The summed E-state index contributed by atoms with van der Waals surface area (Å²) in [5.74, 6) is 0.924. The molecule has 2 heterocycles. The molecule has 0 aliphatic heterocycles. The number of aromatic amines is 1. The number of aromatic nitrogens is 1. The molecule has 3 rings (SSSR count). The van der Waals surface area contributed by atoms with Crippen molar-refractivity contribution in [2.75, 3.05) is 5.32 Å². The molecule has 1 aromatic carbocycles. The van der Waals surface area contributed by atoms with Gasteiger partial charge in [0.2, 0.25) is 5.78 Å². The third-order valence-corrected chi connectivity index (χ3v) is 4.36. The van der Waals surface area contributed by atoms with E-state index in [0.717, 1.165) is 17.0 Å². The minimum Gasteiger partial charge on any atom is -0.457 e. The molecule has 158 valence electrons. The molecule has 0 aliphatic rings. The number of carbonyl (C=O) groups is 2. The molecule has 0 saturated carbocycles. The fourth-order valence-corrected chi connectivity index (χ4v) is 2.85. The summed E-state index contributed by atoms with van der Waals surface area (Å²) in [6.45, 7) is 11.5. The number of carbonyl (C=O) groups excluding carboxylic acids is 2. The molecule has 0 radical (unpaired) electrons. The van der Waals surface area contributed by atoms with E-state index in [1.54, 1.807) is 30.5 Å². The summed E-state index contributed by atoms with van der Waals surface area (Å²) in [6, 6.07) is 12.6. The molecule has 2 aromatic heterocycles. The fraction of sp³-hybridized carbons (Fsp3) is 0.333. The lowest BCUT2D eigenvalue weighted by Crippen LogP contribution is -2.27. The van der Waals surface area contributed by atoms with Gasteiger partial charge in [0.05, 0.1) is 0 Å². The van der Waals surface area contributed by atoms with E-state index in [1.807, 2.05) is 59.7 Å². The molecule has 0 atom stereocenters. The summed E-state index contributed by atoms with van der Waals surface area (Å²) in [6.07, 6.45) is 1.17. The second-order valence-electron chi connectivity index (χ2n) is 9.25. The van der Waals surface area contributed by atoms with Crippen LogP contribution in [0.5, 0.6) is 0 Å². The number of H-pyrrole nitrogens is 1. The summed E-state index contributed by atoms with van der Waals surface area (Å²) in [5.41, 5.74) is 2.12. The molecule has 0 aliphatic carbocycles. The number of hydrogen-bond donors (Lipinski definition) is 2. The zero-order valence-corrected chi connectivity index (χ0v) is 18.3. The second kappa shape index (κ2) is 7.86. The Labute approximate surface area is 176 Å². The SMILES string of the molecule is CC(C)(C)OC(=O)Nc1ccc(-c2cc(C(=O)c3ccc(C(C)(C)C)o3)c[nH]2)cc1. The monoisotopic (exact) mass is 408 g/mol. The number of furan rings is 1. The van der Waals surface area contributed by atoms with Crippen molar-refractivity contribution in [2.24, 2.45) is 0 Å². The van der Waals surface area contributed by atoms with Crippen molar-refractivity contribution in [3.05, 3.63) is 65.7 Å². The highest BCUT2D eigenvalue weighted by Gasteiger charge is 2.22. The van der Waals surface area contributed by atoms with E-state index in [9.17, 15) is 9.59 Å². The van der Waals surface area contributed by atoms with E-state index in [1.165, 1.54) is 0 Å². The maximum absolute atomic E-state index is 12.7. The van der Waals surface area contributed by atoms with Gasteiger partial charge < -0.3 is 14.1 Å². The van der Waals surface area contributed by atoms with E-state index >= 15 is 0 Å². The maximum Gasteiger partial charge on any atom is 0.412 e. The average molecular weight is 408 g/mol. The number of anilines is 1. The highest BCUT2D eigenvalue weighted by Crippen LogP contribution is 2.27. The molecule has 0 unspecified atom stereocenters. The summed E-state index contributed by atoms with van der Waals surface area (Å²) in [5, 5.41) is 2.70. The van der Waals surface area contributed by atoms with Crippen LogP contribution in [0.25, 0.3) is 11.3 Å². The van der Waals surface area contributed by atoms with Crippen molar-refractivity contribution < 1.29 is 18.7 Å². The summed E-state index contributed by atoms with van der Waals surface area (Å²) < 4.78 is 11.0. The lowest BCUT2D eigenvalue weighted by atomic mass is 9.94. The molecule has 0 bridgehead atoms. The van der Waals surface area contributed by atoms with E-state index < -0.39 is 11.7 Å². The lowest BCUT2D eigenvalue weighted by Gasteiger charge is -2.19. The van der Waals surface area contributed by atoms with Crippen LogP contribution >= 0.6 is 0 Å². The minimum absolute atomic E-state index is 0.156. The van der Waals surface area contributed by atoms with Gasteiger partial charge in [0.1, 0.15) is 11.4 Å². The van der Waals surface area contributed by atoms with Crippen LogP contribution in [0.2, 0.25) is 0 Å². The van der Waals surface area contributed by atoms with Gasteiger partial charge in [-0.2, -0.15) is 0 Å². The third kappa shape index (κ3) is 5.20. The van der Waals surface area contributed by atoms with E-state index in [-0.39, 0.29) is 11.2 Å². The van der Waals surface area contributed by atoms with Crippen LogP contribution in [0.15, 0.2) is 53.1 Å². The maximum atomic E-state index is 12.7. The van der Waals surface area contributed by atoms with Crippen LogP contribution in [-0.4, -0.2) is 22.5 Å². The van der Waals surface area contributed by atoms with Crippen LogP contribution in [0.1, 0.15) is 63.4 Å². The zero-order chi connectivity index (χ0) is 22.1. The van der Waals surface area contributed by atoms with Crippen LogP contribution in [0.4, 0.5) is 10.5 Å². The molecular weight excluding hydrogens is 380 g/mol. The summed E-state index contributed by atoms with van der Waals surface area (Å²) >= 11 is 0. The predicted molar refractivity (Wildman–Crippen MR) is 117 cm³/mol. The first kappa shape index (κ1) is 21.4. The minimum atomic E-state index is -0.557. The Balaban J connectivity index is 1.71. The van der Waals surface area contributed by atoms with Gasteiger partial charge in [0.15, 0.2) is 5.76 Å². The number of benzene rings is 1. The van der Waals surface area contributed by atoms with Gasteiger partial charge in [0.25, 0.3) is 0 Å². The van der Waals surface area contributed by atoms with Crippen molar-refractivity contribution in [3.8, 4) is 11.3 Å². The molecule has 0 fully saturated rings. The smallest absolute Gasteiger partial charge is 0.412 e. The van der Waals surface area contributed by atoms with E-state index in [4.69, 9.17) is 9.15 Å². The molecule has 0 saturated heterocycles. The first-order valence-corrected chi connectivity index (χ1v) is 9.86. The number of nitrogens with one attached hydrogen (secondary N) is 2. The van der Waals surface area contributed by atoms with Crippen molar-refractivity contribution >= 4 is 17.6 Å². The van der Waals surface area contributed by atoms with Gasteiger partial charge >= 0.3 is 6.09 Å². The highest BCUT2D eigenvalue weighted by molar-refractivity contribution is 6.07. The van der Waals surface area contributed by atoms with E-state index in [2.05, 4.69) is 10.3 Å². The van der Waals surface area contributed by atoms with Gasteiger partial charge in [-0.05, 0) is 56.7 Å². The van der Waals surface area contributed by atoms with Gasteiger partial charge in [0, 0.05) is 28.6 Å². The number of rotatable bonds is 4. The van der Waals surface area contributed by atoms with E-state index in [0.29, 0.717) is 17.0 Å². The predicted octanol–water partition coefficient (Wildman–Crippen LogP) is 6.15. The van der Waals surface area contributed by atoms with Gasteiger partial charge in [-0.15, -0.1) is 0 Å². The average Bonchev–Trinajstić information content (AvgIpc) is 3.30. The Hall–Kier alpha value is -3.28. The lowest BCUT2D eigenvalue weighted by molar-refractivity contribution is 0.0635. The van der Waals surface area contributed by atoms with Crippen LogP contribution in [0.3, 0.4) is 0 Å². The van der Waals surface area contributed by atoms with Crippen LogP contribution in [0, 0.1) is 0 Å². The molecule has 1 amide bonds. The zero-order valence-electron chi connectivity index (χ0n) is 18.3. The Bertz CT molecular complexity index is 1040. The number of amides is 1. The van der Waals surface area contributed by atoms with Crippen molar-refractivity contribution in [1.29, 1.82) is 0 Å². The summed E-state index contributed by atoms with van der Waals surface area (Å²) in [7, 11) is 0. The molecule has 2 N–H and O–H groups in total. The van der Waals surface area contributed by atoms with Crippen molar-refractivity contribution in [1.82, 2.24) is 4.98 Å². The van der Waals surface area contributed by atoms with Gasteiger partial charge in [-0.3, -0.25) is 10.1 Å². The van der Waals surface area contributed by atoms with Crippen molar-refractivity contribution in [2.45, 2.75) is 52.6 Å². The van der Waals surface area contributed by atoms with Crippen LogP contribution < -0.4 is 5.32 Å². The number of ether oxygens (including phenoxy) is 1. The molecule has 6 heteroatoms. The third-order valence-electron chi connectivity index (χ3n) is 4.36. The molecule has 3 aromatic rings. The van der Waals surface area contributed by atoms with Crippen LogP contribution in [-0.2, 0) is 10.2 Å². The topological polar surface area (TPSA) is 84.3 Å². The highest BCUT2D eigenvalue weighted by atomic mass is 16.6. The number of ketones is 1. The normalized spacial score (nSPS) is 11.9. The standard InChI is InChI=1S/C24H28N2O4/c1-23(2,3)20-12-11-19(29-20)21(27)16-13-18(25-14-16)15-7-9-17(10-8-15)26-22(28)30-24(4,5)6/h7-14,25H,1-6H3,(H,26,28). The number of hydrogen-bond acceptors (Lipinski definition) is 4. The van der Waals surface area contributed by atoms with Crippen molar-refractivity contribution in [3.63, 3.8) is 0 Å². The van der Waals surface area contributed by atoms with Gasteiger partial charge in [-0.1, -0.05) is 32.9 Å². The molecule has 0 spiro atoms. The first-order chi connectivity index (χ1) is 13.9. The largest absolute Gasteiger partial charge is 0.457 e. The molecule has 30 heavy (non-hydrogen) atoms. The Morgan fingerprint density at radius 3 is 2.20 bits per heavy atom. The summed E-state index contributed by atoms with van der Waals surface area (Å²) in [4.78, 5) is 27.7. The Kier molecular flexibility index (Phi) is 5.61. The molecule has 6 nitrogen and oxygen atoms in total. The quantitative estimate of drug-likeness (QED) is 0.507. The van der Waals surface area contributed by atoms with Gasteiger partial charge in [-0.25, -0.2) is 4.79 Å². The Morgan fingerprint density at radius 2 is 1.63 bits per heavy atom.